The van der Waals surface area contributed by atoms with E-state index in [9.17, 15) is 4.79 Å². The van der Waals surface area contributed by atoms with Crippen molar-refractivity contribution < 1.29 is 4.79 Å². The van der Waals surface area contributed by atoms with Crippen molar-refractivity contribution in [2.75, 3.05) is 17.2 Å². The van der Waals surface area contributed by atoms with Gasteiger partial charge >= 0.3 is 0 Å². The number of fused-ring (bicyclic) bond motifs is 1. The van der Waals surface area contributed by atoms with Gasteiger partial charge in [0.25, 0.3) is 5.91 Å². The maximum Gasteiger partial charge on any atom is 0.257 e. The van der Waals surface area contributed by atoms with E-state index in [4.69, 9.17) is 12.2 Å². The third kappa shape index (κ3) is 4.90. The Morgan fingerprint density at radius 3 is 2.62 bits per heavy atom. The van der Waals surface area contributed by atoms with Crippen molar-refractivity contribution in [1.29, 1.82) is 0 Å². The number of carbonyl (C=O) groups excluding carboxylic acids is 1. The first-order chi connectivity index (χ1) is 12.6. The average molecular weight is 386 g/mol. The molecule has 0 atom stereocenters. The van der Waals surface area contributed by atoms with Crippen LogP contribution >= 0.6 is 23.6 Å². The summed E-state index contributed by atoms with van der Waals surface area (Å²) >= 11 is 6.68. The van der Waals surface area contributed by atoms with Gasteiger partial charge in [0.2, 0.25) is 0 Å². The molecule has 26 heavy (non-hydrogen) atoms. The first kappa shape index (κ1) is 18.1. The molecule has 4 N–H and O–H groups in total. The van der Waals surface area contributed by atoms with Crippen LogP contribution in [0.4, 0.5) is 10.8 Å². The van der Waals surface area contributed by atoms with Gasteiger partial charge in [-0.25, -0.2) is 4.98 Å². The van der Waals surface area contributed by atoms with Gasteiger partial charge in [0, 0.05) is 5.69 Å². The molecule has 8 heteroatoms. The Kier molecular flexibility index (Phi) is 5.98. The van der Waals surface area contributed by atoms with Crippen molar-refractivity contribution in [2.45, 2.75) is 13.3 Å². The summed E-state index contributed by atoms with van der Waals surface area (Å²) in [6, 6.07) is 15.8. The smallest absolute Gasteiger partial charge is 0.257 e. The van der Waals surface area contributed by atoms with Crippen molar-refractivity contribution in [3.63, 3.8) is 0 Å². The highest BCUT2D eigenvalue weighted by atomic mass is 32.1. The van der Waals surface area contributed by atoms with Crippen molar-refractivity contribution in [2.24, 2.45) is 0 Å². The van der Waals surface area contributed by atoms with Crippen LogP contribution in [0.1, 0.15) is 12.5 Å². The molecule has 0 spiro atoms. The number of aryl methyl sites for hydroxylation is 1. The fourth-order valence-electron chi connectivity index (χ4n) is 2.26. The molecule has 0 fully saturated rings. The molecule has 3 aromatic rings. The Labute approximate surface area is 161 Å². The van der Waals surface area contributed by atoms with Gasteiger partial charge in [0.15, 0.2) is 10.2 Å². The third-order valence-electron chi connectivity index (χ3n) is 3.63. The molecule has 2 aromatic carbocycles. The number of nitrogens with zero attached hydrogens (tertiary/aromatic N) is 1. The number of thiazole rings is 1. The fourth-order valence-corrected chi connectivity index (χ4v) is 3.29. The number of hydrazine groups is 1. The molecule has 0 bridgehead atoms. The minimum Gasteiger partial charge on any atom is -0.352 e. The number of thiocarbonyl (C=S) groups is 1. The zero-order valence-electron chi connectivity index (χ0n) is 14.2. The highest BCUT2D eigenvalue weighted by molar-refractivity contribution is 7.80. The second kappa shape index (κ2) is 8.59. The third-order valence-corrected chi connectivity index (χ3v) is 4.83. The van der Waals surface area contributed by atoms with Crippen molar-refractivity contribution in [3.05, 3.63) is 54.1 Å². The monoisotopic (exact) mass is 385 g/mol. The number of nitrogens with one attached hydrogen (secondary N) is 4. The minimum atomic E-state index is -0.241. The van der Waals surface area contributed by atoms with Crippen molar-refractivity contribution in [1.82, 2.24) is 15.8 Å². The largest absolute Gasteiger partial charge is 0.352 e. The predicted octanol–water partition coefficient (Wildman–Crippen LogP) is 3.29. The predicted molar refractivity (Wildman–Crippen MR) is 111 cm³/mol. The van der Waals surface area contributed by atoms with Crippen LogP contribution in [-0.2, 0) is 11.2 Å². The topological polar surface area (TPSA) is 78.1 Å². The van der Waals surface area contributed by atoms with Gasteiger partial charge in [0.05, 0.1) is 16.8 Å². The molecule has 0 aliphatic heterocycles. The summed E-state index contributed by atoms with van der Waals surface area (Å²) in [5, 5.41) is 7.06. The summed E-state index contributed by atoms with van der Waals surface area (Å²) < 4.78 is 1.08. The number of para-hydroxylation sites is 1. The van der Waals surface area contributed by atoms with Gasteiger partial charge in [-0.15, -0.1) is 0 Å². The van der Waals surface area contributed by atoms with E-state index < -0.39 is 0 Å². The molecule has 0 saturated heterocycles. The van der Waals surface area contributed by atoms with E-state index in [0.29, 0.717) is 10.2 Å². The molecule has 0 radical (unpaired) electrons. The van der Waals surface area contributed by atoms with Crippen LogP contribution in [0, 0.1) is 0 Å². The van der Waals surface area contributed by atoms with Crippen molar-refractivity contribution in [3.8, 4) is 0 Å². The zero-order chi connectivity index (χ0) is 18.4. The molecular formula is C18H19N5OS2. The van der Waals surface area contributed by atoms with Crippen LogP contribution in [0.3, 0.4) is 0 Å². The molecular weight excluding hydrogens is 366 g/mol. The lowest BCUT2D eigenvalue weighted by Crippen LogP contribution is -2.45. The Balaban J connectivity index is 1.42. The summed E-state index contributed by atoms with van der Waals surface area (Å²) in [5.41, 5.74) is 8.27. The first-order valence-electron chi connectivity index (χ1n) is 8.18. The van der Waals surface area contributed by atoms with E-state index in [1.165, 1.54) is 16.9 Å². The van der Waals surface area contributed by atoms with Crippen LogP contribution < -0.4 is 21.5 Å². The number of benzene rings is 2. The summed E-state index contributed by atoms with van der Waals surface area (Å²) in [4.78, 5) is 16.3. The number of aromatic nitrogens is 1. The van der Waals surface area contributed by atoms with Gasteiger partial charge in [-0.1, -0.05) is 42.5 Å². The van der Waals surface area contributed by atoms with E-state index in [2.05, 4.69) is 33.4 Å². The van der Waals surface area contributed by atoms with Crippen molar-refractivity contribution >= 4 is 55.6 Å². The van der Waals surface area contributed by atoms with Crippen LogP contribution in [0.5, 0.6) is 0 Å². The normalized spacial score (nSPS) is 10.3. The number of amides is 1. The lowest BCUT2D eigenvalue weighted by atomic mass is 10.1. The maximum absolute atomic E-state index is 11.9. The van der Waals surface area contributed by atoms with Gasteiger partial charge in [-0.05, 0) is 48.5 Å². The molecule has 1 aromatic heterocycles. The summed E-state index contributed by atoms with van der Waals surface area (Å²) in [6.45, 7) is 2.20. The molecule has 3 rings (SSSR count). The molecule has 0 aliphatic carbocycles. The van der Waals surface area contributed by atoms with E-state index in [1.54, 1.807) is 0 Å². The van der Waals surface area contributed by atoms with Crippen LogP contribution in [0.15, 0.2) is 48.5 Å². The quantitative estimate of drug-likeness (QED) is 0.399. The van der Waals surface area contributed by atoms with Crippen LogP contribution in [-0.4, -0.2) is 22.5 Å². The average Bonchev–Trinajstić information content (AvgIpc) is 3.08. The zero-order valence-corrected chi connectivity index (χ0v) is 15.8. The molecule has 0 unspecified atom stereocenters. The Bertz CT molecular complexity index is 874. The fraction of sp³-hybridized carbons (Fsp3) is 0.167. The van der Waals surface area contributed by atoms with Crippen LogP contribution in [0.2, 0.25) is 0 Å². The molecule has 1 heterocycles. The summed E-state index contributed by atoms with van der Waals surface area (Å²) in [6.07, 6.45) is 0.987. The minimum absolute atomic E-state index is 0.0978. The first-order valence-corrected chi connectivity index (χ1v) is 9.40. The maximum atomic E-state index is 11.9. The number of hydrogen-bond acceptors (Lipinski definition) is 5. The molecule has 6 nitrogen and oxygen atoms in total. The number of hydrogen-bond donors (Lipinski definition) is 4. The van der Waals surface area contributed by atoms with Gasteiger partial charge in [0.1, 0.15) is 0 Å². The van der Waals surface area contributed by atoms with Gasteiger partial charge in [-0.2, -0.15) is 0 Å². The molecule has 0 aliphatic rings. The Hall–Kier alpha value is -2.71. The molecule has 0 saturated carbocycles. The highest BCUT2D eigenvalue weighted by Crippen LogP contribution is 2.24. The second-order valence-corrected chi connectivity index (χ2v) is 6.96. The second-order valence-electron chi connectivity index (χ2n) is 5.52. The number of anilines is 2. The summed E-state index contributed by atoms with van der Waals surface area (Å²) in [7, 11) is 0. The standard InChI is InChI=1S/C18H19N5OS2/c1-2-12-7-9-13(10-8-12)20-17(25)23-22-16(24)11-19-18-21-14-5-3-4-6-15(14)26-18/h3-10H,2,11H2,1H3,(H,19,21)(H,22,24)(H2,20,23,25). The van der Waals surface area contributed by atoms with Crippen LogP contribution in [0.25, 0.3) is 10.2 Å². The number of carbonyl (C=O) groups is 1. The van der Waals surface area contributed by atoms with Gasteiger partial charge in [-0.3, -0.25) is 15.6 Å². The van der Waals surface area contributed by atoms with E-state index >= 15 is 0 Å². The molecule has 134 valence electrons. The SMILES string of the molecule is CCc1ccc(NC(=S)NNC(=O)CNc2nc3ccccc3s2)cc1. The number of rotatable bonds is 5. The highest BCUT2D eigenvalue weighted by Gasteiger charge is 2.06. The van der Waals surface area contributed by atoms with E-state index in [1.807, 2.05) is 48.5 Å². The Morgan fingerprint density at radius 2 is 1.88 bits per heavy atom. The summed E-state index contributed by atoms with van der Waals surface area (Å²) in [5.74, 6) is -0.241. The lowest BCUT2D eigenvalue weighted by Gasteiger charge is -2.12. The van der Waals surface area contributed by atoms with E-state index in [0.717, 1.165) is 22.3 Å². The lowest BCUT2D eigenvalue weighted by molar-refractivity contribution is -0.119. The van der Waals surface area contributed by atoms with E-state index in [-0.39, 0.29) is 12.5 Å². The molecule has 1 amide bonds. The van der Waals surface area contributed by atoms with Gasteiger partial charge < -0.3 is 10.6 Å². The Morgan fingerprint density at radius 1 is 1.12 bits per heavy atom.